The number of rotatable bonds is 3. The van der Waals surface area contributed by atoms with E-state index >= 15 is 0 Å². The molecule has 0 radical (unpaired) electrons. The normalized spacial score (nSPS) is 29.1. The van der Waals surface area contributed by atoms with Gasteiger partial charge in [0.1, 0.15) is 0 Å². The summed E-state index contributed by atoms with van der Waals surface area (Å²) in [5, 5.41) is 5.33. The van der Waals surface area contributed by atoms with Gasteiger partial charge in [-0.05, 0) is 33.6 Å². The van der Waals surface area contributed by atoms with Crippen LogP contribution in [0.4, 0.5) is 4.79 Å². The van der Waals surface area contributed by atoms with Crippen LogP contribution in [-0.4, -0.2) is 54.2 Å². The highest BCUT2D eigenvalue weighted by molar-refractivity contribution is 5.96. The Kier molecular flexibility index (Phi) is 5.58. The van der Waals surface area contributed by atoms with E-state index in [1.165, 1.54) is 0 Å². The third-order valence-corrected chi connectivity index (χ3v) is 4.30. The lowest BCUT2D eigenvalue weighted by Gasteiger charge is -2.38. The van der Waals surface area contributed by atoms with Crippen LogP contribution in [0.2, 0.25) is 0 Å². The Morgan fingerprint density at radius 2 is 1.71 bits per heavy atom. The molecule has 2 fully saturated rings. The number of urea groups is 1. The van der Waals surface area contributed by atoms with Crippen molar-refractivity contribution in [3.63, 3.8) is 0 Å². The lowest BCUT2D eigenvalue weighted by atomic mass is 10.1. The molecule has 6 heteroatoms. The predicted octanol–water partition coefficient (Wildman–Crippen LogP) is 1.25. The van der Waals surface area contributed by atoms with Gasteiger partial charge in [-0.2, -0.15) is 0 Å². The van der Waals surface area contributed by atoms with Crippen molar-refractivity contribution in [3.05, 3.63) is 0 Å². The van der Waals surface area contributed by atoms with Crippen LogP contribution in [0.25, 0.3) is 0 Å². The van der Waals surface area contributed by atoms with Crippen LogP contribution in [0.1, 0.15) is 46.5 Å². The van der Waals surface area contributed by atoms with Crippen molar-refractivity contribution in [1.82, 2.24) is 15.5 Å². The molecule has 2 rings (SSSR count). The summed E-state index contributed by atoms with van der Waals surface area (Å²) in [7, 11) is 0. The summed E-state index contributed by atoms with van der Waals surface area (Å²) in [6, 6.07) is -0.474. The lowest BCUT2D eigenvalue weighted by Crippen LogP contribution is -2.56. The van der Waals surface area contributed by atoms with E-state index in [4.69, 9.17) is 4.74 Å². The van der Waals surface area contributed by atoms with Gasteiger partial charge in [0.15, 0.2) is 0 Å². The second-order valence-electron chi connectivity index (χ2n) is 6.33. The number of morpholine rings is 1. The molecule has 0 aromatic carbocycles. The van der Waals surface area contributed by atoms with Gasteiger partial charge in [-0.25, -0.2) is 4.79 Å². The molecule has 2 N–H and O–H groups in total. The van der Waals surface area contributed by atoms with Crippen LogP contribution >= 0.6 is 0 Å². The van der Waals surface area contributed by atoms with E-state index in [1.54, 1.807) is 0 Å². The highest BCUT2D eigenvalue weighted by atomic mass is 16.5. The maximum Gasteiger partial charge on any atom is 0.321 e. The summed E-state index contributed by atoms with van der Waals surface area (Å²) in [6.45, 7) is 7.26. The SMILES string of the molecule is C[C@@H]1CN([C@@H](C)C(=O)NC(=O)NC2CCCC2)C[C@@H](C)O1. The van der Waals surface area contributed by atoms with Gasteiger partial charge in [0.05, 0.1) is 18.2 Å². The van der Waals surface area contributed by atoms with E-state index in [0.717, 1.165) is 25.7 Å². The molecular weight excluding hydrogens is 270 g/mol. The first-order chi connectivity index (χ1) is 9.95. The van der Waals surface area contributed by atoms with Crippen LogP contribution in [-0.2, 0) is 9.53 Å². The molecular formula is C15H27N3O3. The Bertz CT molecular complexity index is 372. The number of amides is 3. The maximum atomic E-state index is 12.2. The summed E-state index contributed by atoms with van der Waals surface area (Å²) >= 11 is 0. The van der Waals surface area contributed by atoms with Crippen molar-refractivity contribution in [2.24, 2.45) is 0 Å². The van der Waals surface area contributed by atoms with E-state index < -0.39 is 0 Å². The second kappa shape index (κ2) is 7.22. The summed E-state index contributed by atoms with van der Waals surface area (Å²) in [5.74, 6) is -0.244. The monoisotopic (exact) mass is 297 g/mol. The van der Waals surface area contributed by atoms with Gasteiger partial charge < -0.3 is 10.1 Å². The molecule has 0 unspecified atom stereocenters. The Morgan fingerprint density at radius 1 is 1.14 bits per heavy atom. The van der Waals surface area contributed by atoms with E-state index in [-0.39, 0.29) is 36.2 Å². The van der Waals surface area contributed by atoms with Crippen molar-refractivity contribution in [2.75, 3.05) is 13.1 Å². The minimum Gasteiger partial charge on any atom is -0.373 e. The molecule has 1 aliphatic carbocycles. The minimum atomic E-state index is -0.367. The molecule has 6 nitrogen and oxygen atoms in total. The van der Waals surface area contributed by atoms with Crippen molar-refractivity contribution >= 4 is 11.9 Å². The van der Waals surface area contributed by atoms with Crippen molar-refractivity contribution in [3.8, 4) is 0 Å². The Balaban J connectivity index is 1.79. The summed E-state index contributed by atoms with van der Waals surface area (Å²) in [4.78, 5) is 26.1. The number of imide groups is 1. The van der Waals surface area contributed by atoms with Gasteiger partial charge in [0.2, 0.25) is 5.91 Å². The van der Waals surface area contributed by atoms with Crippen LogP contribution < -0.4 is 10.6 Å². The number of carbonyl (C=O) groups is 2. The van der Waals surface area contributed by atoms with Gasteiger partial charge in [-0.3, -0.25) is 15.0 Å². The van der Waals surface area contributed by atoms with Crippen LogP contribution in [0.3, 0.4) is 0 Å². The molecule has 1 aliphatic heterocycles. The fourth-order valence-corrected chi connectivity index (χ4v) is 3.21. The molecule has 1 saturated heterocycles. The average molecular weight is 297 g/mol. The summed E-state index contributed by atoms with van der Waals surface area (Å²) in [6.07, 6.45) is 4.54. The highest BCUT2D eigenvalue weighted by Crippen LogP contribution is 2.17. The van der Waals surface area contributed by atoms with Gasteiger partial charge in [-0.1, -0.05) is 12.8 Å². The first-order valence-corrected chi connectivity index (χ1v) is 7.96. The van der Waals surface area contributed by atoms with Gasteiger partial charge in [0.25, 0.3) is 0 Å². The fourth-order valence-electron chi connectivity index (χ4n) is 3.21. The molecule has 120 valence electrons. The van der Waals surface area contributed by atoms with Gasteiger partial charge in [-0.15, -0.1) is 0 Å². The second-order valence-corrected chi connectivity index (χ2v) is 6.33. The smallest absolute Gasteiger partial charge is 0.321 e. The number of ether oxygens (including phenoxy) is 1. The molecule has 0 aromatic rings. The third-order valence-electron chi connectivity index (χ3n) is 4.30. The fraction of sp³-hybridized carbons (Fsp3) is 0.867. The zero-order chi connectivity index (χ0) is 15.4. The van der Waals surface area contributed by atoms with Gasteiger partial charge >= 0.3 is 6.03 Å². The zero-order valence-corrected chi connectivity index (χ0v) is 13.2. The molecule has 1 saturated carbocycles. The summed E-state index contributed by atoms with van der Waals surface area (Å²) < 4.78 is 5.66. The Labute approximate surface area is 126 Å². The van der Waals surface area contributed by atoms with Crippen LogP contribution in [0, 0.1) is 0 Å². The van der Waals surface area contributed by atoms with Crippen molar-refractivity contribution < 1.29 is 14.3 Å². The molecule has 0 spiro atoms. The minimum absolute atomic E-state index is 0.108. The zero-order valence-electron chi connectivity index (χ0n) is 13.2. The van der Waals surface area contributed by atoms with Crippen molar-refractivity contribution in [2.45, 2.75) is 70.7 Å². The number of nitrogens with one attached hydrogen (secondary N) is 2. The number of hydrogen-bond acceptors (Lipinski definition) is 4. The first kappa shape index (κ1) is 16.2. The number of carbonyl (C=O) groups excluding carboxylic acids is 2. The summed E-state index contributed by atoms with van der Waals surface area (Å²) in [5.41, 5.74) is 0. The maximum absolute atomic E-state index is 12.2. The molecule has 3 atom stereocenters. The molecule has 0 bridgehead atoms. The number of hydrogen-bond donors (Lipinski definition) is 2. The number of nitrogens with zero attached hydrogens (tertiary/aromatic N) is 1. The molecule has 3 amide bonds. The van der Waals surface area contributed by atoms with E-state index in [1.807, 2.05) is 20.8 Å². The van der Waals surface area contributed by atoms with Crippen LogP contribution in [0.15, 0.2) is 0 Å². The highest BCUT2D eigenvalue weighted by Gasteiger charge is 2.30. The first-order valence-electron chi connectivity index (χ1n) is 7.96. The van der Waals surface area contributed by atoms with E-state index in [2.05, 4.69) is 15.5 Å². The molecule has 2 aliphatic rings. The predicted molar refractivity (Wildman–Crippen MR) is 80.0 cm³/mol. The van der Waals surface area contributed by atoms with Gasteiger partial charge in [0, 0.05) is 19.1 Å². The average Bonchev–Trinajstić information content (AvgIpc) is 2.89. The largest absolute Gasteiger partial charge is 0.373 e. The van der Waals surface area contributed by atoms with E-state index in [0.29, 0.717) is 13.1 Å². The Morgan fingerprint density at radius 3 is 2.29 bits per heavy atom. The molecule has 1 heterocycles. The molecule has 21 heavy (non-hydrogen) atoms. The Hall–Kier alpha value is -1.14. The quantitative estimate of drug-likeness (QED) is 0.822. The lowest BCUT2D eigenvalue weighted by molar-refractivity contribution is -0.130. The third kappa shape index (κ3) is 4.68. The van der Waals surface area contributed by atoms with Crippen LogP contribution in [0.5, 0.6) is 0 Å². The van der Waals surface area contributed by atoms with E-state index in [9.17, 15) is 9.59 Å². The standard InChI is InChI=1S/C15H27N3O3/c1-10-8-18(9-11(2)21-10)12(3)14(19)17-15(20)16-13-6-4-5-7-13/h10-13H,4-9H2,1-3H3,(H2,16,17,19,20)/t10-,11-,12+/m1/s1. The topological polar surface area (TPSA) is 70.7 Å². The van der Waals surface area contributed by atoms with Crippen molar-refractivity contribution in [1.29, 1.82) is 0 Å². The molecule has 0 aromatic heterocycles.